The second-order valence-corrected chi connectivity index (χ2v) is 5.28. The van der Waals surface area contributed by atoms with Crippen molar-refractivity contribution in [3.63, 3.8) is 0 Å². The Kier molecular flexibility index (Phi) is 4.11. The lowest BCUT2D eigenvalue weighted by molar-refractivity contribution is 0.875. The van der Waals surface area contributed by atoms with Crippen LogP contribution in [0.25, 0.3) is 0 Å². The molecule has 0 saturated heterocycles. The molecule has 0 heterocycles. The van der Waals surface area contributed by atoms with Gasteiger partial charge in [-0.2, -0.15) is 0 Å². The lowest BCUT2D eigenvalue weighted by Crippen LogP contribution is -2.11. The first-order valence-corrected chi connectivity index (χ1v) is 6.73. The third-order valence-corrected chi connectivity index (χ3v) is 3.91. The molecule has 0 aliphatic heterocycles. The topological polar surface area (TPSA) is 0 Å². The molecule has 0 aromatic heterocycles. The van der Waals surface area contributed by atoms with Crippen LogP contribution >= 0.6 is 0 Å². The van der Waals surface area contributed by atoms with Crippen molar-refractivity contribution in [1.29, 1.82) is 0 Å². The highest BCUT2D eigenvalue weighted by Gasteiger charge is 2.26. The molecule has 0 unspecified atom stereocenters. The van der Waals surface area contributed by atoms with E-state index in [1.54, 1.807) is 5.57 Å². The van der Waals surface area contributed by atoms with Crippen molar-refractivity contribution in [2.24, 2.45) is 5.92 Å². The molecule has 0 aromatic carbocycles. The lowest BCUT2D eigenvalue weighted by Gasteiger charge is -2.13. The maximum atomic E-state index is 2.36. The minimum Gasteiger partial charge on any atom is -0.0842 e. The van der Waals surface area contributed by atoms with Gasteiger partial charge in [-0.25, -0.2) is 0 Å². The van der Waals surface area contributed by atoms with Crippen LogP contribution in [-0.4, -0.2) is 6.71 Å². The van der Waals surface area contributed by atoms with Crippen LogP contribution in [0.5, 0.6) is 0 Å². The molecule has 1 fully saturated rings. The van der Waals surface area contributed by atoms with Crippen molar-refractivity contribution in [3.8, 4) is 0 Å². The SMILES string of the molecule is CCB(CCC1=CC=CCC1)CC1CC1. The first-order chi connectivity index (χ1) is 7.38. The summed E-state index contributed by atoms with van der Waals surface area (Å²) in [4.78, 5) is 0. The van der Waals surface area contributed by atoms with Crippen LogP contribution in [0.4, 0.5) is 0 Å². The largest absolute Gasteiger partial charge is 0.140 e. The summed E-state index contributed by atoms with van der Waals surface area (Å²) < 4.78 is 0. The van der Waals surface area contributed by atoms with Crippen LogP contribution < -0.4 is 0 Å². The third-order valence-electron chi connectivity index (χ3n) is 3.91. The molecule has 0 N–H and O–H groups in total. The highest BCUT2D eigenvalue weighted by Crippen LogP contribution is 2.36. The minimum absolute atomic E-state index is 1.00. The summed E-state index contributed by atoms with van der Waals surface area (Å²) in [6.07, 6.45) is 18.2. The standard InChI is InChI=1S/C14H23B/c1-2-15(12-14-8-9-14)11-10-13-6-4-3-5-7-13/h3-4,6,14H,2,5,7-12H2,1H3. The number of allylic oxidation sites excluding steroid dienone is 4. The third kappa shape index (κ3) is 3.89. The molecule has 15 heavy (non-hydrogen) atoms. The van der Waals surface area contributed by atoms with E-state index in [1.165, 1.54) is 51.1 Å². The molecule has 82 valence electrons. The Balaban J connectivity index is 1.69. The highest BCUT2D eigenvalue weighted by atomic mass is 14.2. The maximum Gasteiger partial charge on any atom is 0.140 e. The molecule has 0 amide bonds. The van der Waals surface area contributed by atoms with Crippen LogP contribution in [0.3, 0.4) is 0 Å². The predicted molar refractivity (Wildman–Crippen MR) is 69.6 cm³/mol. The average Bonchev–Trinajstić information content (AvgIpc) is 3.09. The monoisotopic (exact) mass is 202 g/mol. The van der Waals surface area contributed by atoms with Crippen LogP contribution in [0.2, 0.25) is 19.0 Å². The van der Waals surface area contributed by atoms with Gasteiger partial charge in [0.15, 0.2) is 0 Å². The number of hydrogen-bond acceptors (Lipinski definition) is 0. The summed E-state index contributed by atoms with van der Waals surface area (Å²) in [7, 11) is 0. The Morgan fingerprint density at radius 2 is 2.27 bits per heavy atom. The van der Waals surface area contributed by atoms with Crippen molar-refractivity contribution >= 4 is 6.71 Å². The van der Waals surface area contributed by atoms with Gasteiger partial charge < -0.3 is 0 Å². The second kappa shape index (κ2) is 5.58. The molecule has 0 radical (unpaired) electrons. The molecule has 2 rings (SSSR count). The van der Waals surface area contributed by atoms with Gasteiger partial charge in [0.25, 0.3) is 0 Å². The zero-order valence-corrected chi connectivity index (χ0v) is 10.0. The van der Waals surface area contributed by atoms with E-state index in [0.29, 0.717) is 0 Å². The van der Waals surface area contributed by atoms with Crippen molar-refractivity contribution in [2.45, 2.75) is 58.0 Å². The summed E-state index contributed by atoms with van der Waals surface area (Å²) in [5.74, 6) is 1.11. The zero-order chi connectivity index (χ0) is 10.5. The van der Waals surface area contributed by atoms with Gasteiger partial charge in [-0.05, 0) is 25.2 Å². The molecule has 2 aliphatic carbocycles. The Labute approximate surface area is 94.9 Å². The molecule has 0 atom stereocenters. The van der Waals surface area contributed by atoms with Crippen LogP contribution in [0.15, 0.2) is 23.8 Å². The quantitative estimate of drug-likeness (QED) is 0.553. The van der Waals surface area contributed by atoms with E-state index in [1.807, 2.05) is 0 Å². The number of hydrogen-bond donors (Lipinski definition) is 0. The van der Waals surface area contributed by atoms with E-state index >= 15 is 0 Å². The summed E-state index contributed by atoms with van der Waals surface area (Å²) in [5, 5.41) is 0. The van der Waals surface area contributed by atoms with E-state index in [9.17, 15) is 0 Å². The minimum atomic E-state index is 1.00. The second-order valence-electron chi connectivity index (χ2n) is 5.28. The van der Waals surface area contributed by atoms with Gasteiger partial charge in [0.1, 0.15) is 6.71 Å². The molecule has 0 bridgehead atoms. The van der Waals surface area contributed by atoms with Crippen LogP contribution in [0, 0.1) is 5.92 Å². The summed E-state index contributed by atoms with van der Waals surface area (Å²) >= 11 is 0. The summed E-state index contributed by atoms with van der Waals surface area (Å²) in [6.45, 7) is 3.37. The molecule has 0 aromatic rings. The molecule has 1 saturated carbocycles. The van der Waals surface area contributed by atoms with E-state index in [0.717, 1.165) is 12.6 Å². The van der Waals surface area contributed by atoms with Gasteiger partial charge in [0, 0.05) is 0 Å². The Bertz CT molecular complexity index is 248. The van der Waals surface area contributed by atoms with Crippen molar-refractivity contribution < 1.29 is 0 Å². The summed E-state index contributed by atoms with van der Waals surface area (Å²) in [5.41, 5.74) is 1.69. The predicted octanol–water partition coefficient (Wildman–Crippen LogP) is 4.58. The van der Waals surface area contributed by atoms with Crippen LogP contribution in [-0.2, 0) is 0 Å². The molecule has 1 heteroatoms. The fourth-order valence-corrected chi connectivity index (χ4v) is 2.56. The first kappa shape index (κ1) is 11.0. The van der Waals surface area contributed by atoms with E-state index in [4.69, 9.17) is 0 Å². The number of rotatable bonds is 6. The van der Waals surface area contributed by atoms with Gasteiger partial charge in [-0.3, -0.25) is 0 Å². The van der Waals surface area contributed by atoms with Gasteiger partial charge in [0.05, 0.1) is 0 Å². The Morgan fingerprint density at radius 1 is 1.40 bits per heavy atom. The normalized spacial score (nSPS) is 20.2. The fourth-order valence-electron chi connectivity index (χ4n) is 2.56. The van der Waals surface area contributed by atoms with Gasteiger partial charge in [-0.1, -0.05) is 62.5 Å². The molecular formula is C14H23B. The highest BCUT2D eigenvalue weighted by molar-refractivity contribution is 6.58. The average molecular weight is 202 g/mol. The molecule has 0 nitrogen and oxygen atoms in total. The van der Waals surface area contributed by atoms with Crippen LogP contribution in [0.1, 0.15) is 39.0 Å². The summed E-state index contributed by atoms with van der Waals surface area (Å²) in [6, 6.07) is 0. The van der Waals surface area contributed by atoms with Crippen molar-refractivity contribution in [1.82, 2.24) is 0 Å². The molecule has 2 aliphatic rings. The smallest absolute Gasteiger partial charge is 0.0842 e. The van der Waals surface area contributed by atoms with Gasteiger partial charge >= 0.3 is 0 Å². The van der Waals surface area contributed by atoms with E-state index in [2.05, 4.69) is 25.2 Å². The Morgan fingerprint density at radius 3 is 2.87 bits per heavy atom. The van der Waals surface area contributed by atoms with Crippen molar-refractivity contribution in [3.05, 3.63) is 23.8 Å². The molecule has 0 spiro atoms. The molecular weight excluding hydrogens is 179 g/mol. The fraction of sp³-hybridized carbons (Fsp3) is 0.714. The Hall–Kier alpha value is -0.455. The lowest BCUT2D eigenvalue weighted by atomic mass is 9.41. The zero-order valence-electron chi connectivity index (χ0n) is 10.0. The van der Waals surface area contributed by atoms with Gasteiger partial charge in [0.2, 0.25) is 0 Å². The van der Waals surface area contributed by atoms with E-state index in [-0.39, 0.29) is 0 Å². The maximum absolute atomic E-state index is 2.36. The van der Waals surface area contributed by atoms with Gasteiger partial charge in [-0.15, -0.1) is 0 Å². The van der Waals surface area contributed by atoms with Crippen molar-refractivity contribution in [2.75, 3.05) is 0 Å². The first-order valence-electron chi connectivity index (χ1n) is 6.73. The van der Waals surface area contributed by atoms with E-state index < -0.39 is 0 Å².